The Bertz CT molecular complexity index is 516. The van der Waals surface area contributed by atoms with E-state index >= 15 is 0 Å². The largest absolute Gasteiger partial charge is 0.478 e. The Labute approximate surface area is 127 Å². The summed E-state index contributed by atoms with van der Waals surface area (Å²) in [5.74, 6) is 0.626. The first-order valence-electron chi connectivity index (χ1n) is 7.82. The Balaban J connectivity index is 2.23. The number of carboxylic acids is 1. The molecule has 1 aliphatic carbocycles. The van der Waals surface area contributed by atoms with Gasteiger partial charge in [-0.25, -0.2) is 9.78 Å². The maximum absolute atomic E-state index is 11.3. The lowest BCUT2D eigenvalue weighted by Gasteiger charge is -2.22. The zero-order chi connectivity index (χ0) is 15.6. The SMILES string of the molecule is CCC(CC1CC1)Nc1cc(C(=O)O)cc(C(C)(C)C)n1. The number of aromatic carboxylic acids is 1. The van der Waals surface area contributed by atoms with Gasteiger partial charge in [0.2, 0.25) is 0 Å². The maximum Gasteiger partial charge on any atom is 0.335 e. The zero-order valence-electron chi connectivity index (χ0n) is 13.4. The van der Waals surface area contributed by atoms with Gasteiger partial charge in [-0.1, -0.05) is 40.5 Å². The van der Waals surface area contributed by atoms with Gasteiger partial charge in [0, 0.05) is 17.2 Å². The van der Waals surface area contributed by atoms with Crippen LogP contribution in [0.2, 0.25) is 0 Å². The van der Waals surface area contributed by atoms with Crippen molar-refractivity contribution in [1.82, 2.24) is 4.98 Å². The molecule has 0 aromatic carbocycles. The van der Waals surface area contributed by atoms with E-state index in [0.29, 0.717) is 17.4 Å². The van der Waals surface area contributed by atoms with Crippen molar-refractivity contribution in [2.75, 3.05) is 5.32 Å². The van der Waals surface area contributed by atoms with Gasteiger partial charge < -0.3 is 10.4 Å². The maximum atomic E-state index is 11.3. The van der Waals surface area contributed by atoms with Crippen molar-refractivity contribution in [2.45, 2.75) is 64.8 Å². The molecule has 1 fully saturated rings. The molecule has 1 unspecified atom stereocenters. The fraction of sp³-hybridized carbons (Fsp3) is 0.647. The van der Waals surface area contributed by atoms with Gasteiger partial charge in [-0.2, -0.15) is 0 Å². The number of carboxylic acid groups (broad SMARTS) is 1. The molecule has 21 heavy (non-hydrogen) atoms. The fourth-order valence-corrected chi connectivity index (χ4v) is 2.40. The molecule has 0 amide bonds. The van der Waals surface area contributed by atoms with E-state index in [1.54, 1.807) is 12.1 Å². The Morgan fingerprint density at radius 2 is 2.10 bits per heavy atom. The lowest BCUT2D eigenvalue weighted by atomic mass is 9.90. The predicted molar refractivity (Wildman–Crippen MR) is 84.9 cm³/mol. The van der Waals surface area contributed by atoms with Crippen LogP contribution in [0.25, 0.3) is 0 Å². The monoisotopic (exact) mass is 290 g/mol. The van der Waals surface area contributed by atoms with Crippen LogP contribution in [-0.2, 0) is 5.41 Å². The molecular formula is C17H26N2O2. The van der Waals surface area contributed by atoms with Gasteiger partial charge >= 0.3 is 5.97 Å². The van der Waals surface area contributed by atoms with E-state index in [9.17, 15) is 9.90 Å². The third-order valence-electron chi connectivity index (χ3n) is 4.00. The molecule has 0 bridgehead atoms. The first-order chi connectivity index (χ1) is 9.79. The van der Waals surface area contributed by atoms with E-state index in [0.717, 1.165) is 24.5 Å². The number of pyridine rings is 1. The molecule has 0 saturated heterocycles. The van der Waals surface area contributed by atoms with Crippen molar-refractivity contribution in [1.29, 1.82) is 0 Å². The molecule has 1 heterocycles. The minimum atomic E-state index is -0.902. The quantitative estimate of drug-likeness (QED) is 0.829. The van der Waals surface area contributed by atoms with Crippen LogP contribution < -0.4 is 5.32 Å². The second kappa shape index (κ2) is 6.04. The fourth-order valence-electron chi connectivity index (χ4n) is 2.40. The lowest BCUT2D eigenvalue weighted by Crippen LogP contribution is -2.22. The van der Waals surface area contributed by atoms with E-state index in [4.69, 9.17) is 0 Å². The summed E-state index contributed by atoms with van der Waals surface area (Å²) < 4.78 is 0. The first kappa shape index (κ1) is 15.8. The number of nitrogens with one attached hydrogen (secondary N) is 1. The molecule has 0 aliphatic heterocycles. The van der Waals surface area contributed by atoms with Crippen molar-refractivity contribution < 1.29 is 9.90 Å². The van der Waals surface area contributed by atoms with E-state index in [1.165, 1.54) is 12.8 Å². The number of hydrogen-bond donors (Lipinski definition) is 2. The van der Waals surface area contributed by atoms with Gasteiger partial charge in [0.1, 0.15) is 5.82 Å². The van der Waals surface area contributed by atoms with Crippen molar-refractivity contribution >= 4 is 11.8 Å². The van der Waals surface area contributed by atoms with Gasteiger partial charge in [-0.3, -0.25) is 0 Å². The highest BCUT2D eigenvalue weighted by Crippen LogP contribution is 2.35. The summed E-state index contributed by atoms with van der Waals surface area (Å²) in [6, 6.07) is 3.70. The Morgan fingerprint density at radius 3 is 2.57 bits per heavy atom. The molecule has 2 rings (SSSR count). The number of nitrogens with zero attached hydrogens (tertiary/aromatic N) is 1. The number of rotatable bonds is 6. The summed E-state index contributed by atoms with van der Waals surface area (Å²) in [4.78, 5) is 15.9. The molecule has 0 spiro atoms. The smallest absolute Gasteiger partial charge is 0.335 e. The highest BCUT2D eigenvalue weighted by atomic mass is 16.4. The summed E-state index contributed by atoms with van der Waals surface area (Å²) in [6.45, 7) is 8.30. The number of carbonyl (C=O) groups is 1. The van der Waals surface area contributed by atoms with Crippen molar-refractivity contribution in [3.8, 4) is 0 Å². The van der Waals surface area contributed by atoms with Crippen LogP contribution in [0, 0.1) is 5.92 Å². The van der Waals surface area contributed by atoms with Crippen LogP contribution in [-0.4, -0.2) is 22.1 Å². The molecule has 0 radical (unpaired) electrons. The van der Waals surface area contributed by atoms with Gasteiger partial charge in [0.15, 0.2) is 0 Å². The molecule has 4 heteroatoms. The predicted octanol–water partition coefficient (Wildman–Crippen LogP) is 4.07. The van der Waals surface area contributed by atoms with Gasteiger partial charge in [0.05, 0.1) is 5.56 Å². The molecule has 1 aliphatic rings. The molecule has 2 N–H and O–H groups in total. The molecule has 1 atom stereocenters. The van der Waals surface area contributed by atoms with Crippen molar-refractivity contribution in [2.24, 2.45) is 5.92 Å². The topological polar surface area (TPSA) is 62.2 Å². The van der Waals surface area contributed by atoms with E-state index in [2.05, 4.69) is 17.2 Å². The molecule has 4 nitrogen and oxygen atoms in total. The van der Waals surface area contributed by atoms with Crippen molar-refractivity contribution in [3.63, 3.8) is 0 Å². The van der Waals surface area contributed by atoms with E-state index in [-0.39, 0.29) is 5.41 Å². The van der Waals surface area contributed by atoms with Crippen molar-refractivity contribution in [3.05, 3.63) is 23.4 Å². The third kappa shape index (κ3) is 4.45. The van der Waals surface area contributed by atoms with Crippen LogP contribution in [0.1, 0.15) is 69.4 Å². The number of hydrogen-bond acceptors (Lipinski definition) is 3. The molecule has 116 valence electrons. The van der Waals surface area contributed by atoms with Gasteiger partial charge in [0.25, 0.3) is 0 Å². The molecule has 1 aromatic rings. The second-order valence-corrected chi connectivity index (χ2v) is 7.11. The van der Waals surface area contributed by atoms with Gasteiger partial charge in [-0.15, -0.1) is 0 Å². The Kier molecular flexibility index (Phi) is 4.55. The molecule has 1 aromatic heterocycles. The molecular weight excluding hydrogens is 264 g/mol. The minimum Gasteiger partial charge on any atom is -0.478 e. The van der Waals surface area contributed by atoms with Gasteiger partial charge in [-0.05, 0) is 30.9 Å². The normalized spacial score (nSPS) is 16.6. The summed E-state index contributed by atoms with van der Waals surface area (Å²) >= 11 is 0. The molecule has 1 saturated carbocycles. The number of aromatic nitrogens is 1. The van der Waals surface area contributed by atoms with E-state index in [1.807, 2.05) is 20.8 Å². The van der Waals surface area contributed by atoms with Crippen LogP contribution in [0.4, 0.5) is 5.82 Å². The van der Waals surface area contributed by atoms with Crippen LogP contribution in [0.3, 0.4) is 0 Å². The summed E-state index contributed by atoms with van der Waals surface area (Å²) in [5.41, 5.74) is 0.949. The summed E-state index contributed by atoms with van der Waals surface area (Å²) in [6.07, 6.45) is 4.84. The van der Waals surface area contributed by atoms with Crippen LogP contribution in [0.5, 0.6) is 0 Å². The highest BCUT2D eigenvalue weighted by Gasteiger charge is 2.25. The van der Waals surface area contributed by atoms with E-state index < -0.39 is 5.97 Å². The Hall–Kier alpha value is -1.58. The summed E-state index contributed by atoms with van der Waals surface area (Å²) in [7, 11) is 0. The lowest BCUT2D eigenvalue weighted by molar-refractivity contribution is 0.0696. The highest BCUT2D eigenvalue weighted by molar-refractivity contribution is 5.88. The standard InChI is InChI=1S/C17H26N2O2/c1-5-13(8-11-6-7-11)18-15-10-12(16(20)21)9-14(19-15)17(2,3)4/h9-11,13H,5-8H2,1-4H3,(H,18,19)(H,20,21). The first-order valence-corrected chi connectivity index (χ1v) is 7.82. The average molecular weight is 290 g/mol. The second-order valence-electron chi connectivity index (χ2n) is 7.11. The minimum absolute atomic E-state index is 0.167. The zero-order valence-corrected chi connectivity index (χ0v) is 13.4. The average Bonchev–Trinajstić information content (AvgIpc) is 3.20. The summed E-state index contributed by atoms with van der Waals surface area (Å²) in [5, 5.41) is 12.7. The number of anilines is 1. The Morgan fingerprint density at radius 1 is 1.43 bits per heavy atom. The van der Waals surface area contributed by atoms with Crippen LogP contribution in [0.15, 0.2) is 12.1 Å². The van der Waals surface area contributed by atoms with Crippen LogP contribution >= 0.6 is 0 Å². The third-order valence-corrected chi connectivity index (χ3v) is 4.00.